The van der Waals surface area contributed by atoms with Gasteiger partial charge in [-0.25, -0.2) is 0 Å². The highest BCUT2D eigenvalue weighted by Gasteiger charge is 2.23. The van der Waals surface area contributed by atoms with E-state index in [0.29, 0.717) is 11.8 Å². The number of hydrogen-bond acceptors (Lipinski definition) is 4. The molecule has 0 amide bonds. The fourth-order valence-corrected chi connectivity index (χ4v) is 2.00. The van der Waals surface area contributed by atoms with E-state index in [1.807, 2.05) is 18.2 Å². The van der Waals surface area contributed by atoms with Gasteiger partial charge in [0.05, 0.1) is 7.11 Å². The van der Waals surface area contributed by atoms with Crippen molar-refractivity contribution >= 4 is 5.82 Å². The summed E-state index contributed by atoms with van der Waals surface area (Å²) in [5.41, 5.74) is 6.08. The molecule has 2 rings (SSSR count). The van der Waals surface area contributed by atoms with E-state index in [4.69, 9.17) is 10.5 Å². The topological polar surface area (TPSA) is 51.4 Å². The third-order valence-electron chi connectivity index (χ3n) is 3.26. The molecule has 1 saturated heterocycles. The molecule has 1 aliphatic heterocycles. The Morgan fingerprint density at radius 1 is 1.50 bits per heavy atom. The Bertz CT molecular complexity index is 356. The van der Waals surface area contributed by atoms with Crippen LogP contribution in [0.4, 0.5) is 5.82 Å². The number of methoxy groups -OCH3 is 1. The van der Waals surface area contributed by atoms with Crippen LogP contribution in [0.2, 0.25) is 0 Å². The highest BCUT2D eigenvalue weighted by atomic mass is 16.5. The summed E-state index contributed by atoms with van der Waals surface area (Å²) in [6.45, 7) is 4.11. The summed E-state index contributed by atoms with van der Waals surface area (Å²) in [6.07, 6.45) is 1.13. The molecular formula is C12H19N3O. The first-order valence-corrected chi connectivity index (χ1v) is 5.72. The van der Waals surface area contributed by atoms with E-state index < -0.39 is 0 Å². The van der Waals surface area contributed by atoms with Crippen LogP contribution in [0.15, 0.2) is 18.2 Å². The molecule has 1 aromatic rings. The van der Waals surface area contributed by atoms with Crippen molar-refractivity contribution in [3.05, 3.63) is 18.2 Å². The van der Waals surface area contributed by atoms with Crippen molar-refractivity contribution in [2.75, 3.05) is 25.1 Å². The number of pyridine rings is 1. The summed E-state index contributed by atoms with van der Waals surface area (Å²) >= 11 is 0. The van der Waals surface area contributed by atoms with Crippen molar-refractivity contribution in [1.29, 1.82) is 0 Å². The summed E-state index contributed by atoms with van der Waals surface area (Å²) < 4.78 is 5.12. The van der Waals surface area contributed by atoms with E-state index in [0.717, 1.165) is 25.3 Å². The monoisotopic (exact) mass is 221 g/mol. The third-order valence-corrected chi connectivity index (χ3v) is 3.26. The summed E-state index contributed by atoms with van der Waals surface area (Å²) in [7, 11) is 1.64. The van der Waals surface area contributed by atoms with Gasteiger partial charge in [0, 0.05) is 25.2 Å². The lowest BCUT2D eigenvalue weighted by molar-refractivity contribution is 0.373. The number of nitrogens with zero attached hydrogens (tertiary/aromatic N) is 2. The molecule has 1 aromatic heterocycles. The number of nitrogens with two attached hydrogens (primary N) is 1. The first-order chi connectivity index (χ1) is 7.70. The molecule has 4 heteroatoms. The van der Waals surface area contributed by atoms with Gasteiger partial charge in [0.25, 0.3) is 0 Å². The highest BCUT2D eigenvalue weighted by molar-refractivity contribution is 5.41. The van der Waals surface area contributed by atoms with E-state index >= 15 is 0 Å². The lowest BCUT2D eigenvalue weighted by atomic mass is 9.94. The standard InChI is InChI=1S/C12H19N3O/c1-9-6-7-15(8-10(9)13)11-4-3-5-12(14-11)16-2/h3-5,9-10H,6-8,13H2,1-2H3. The maximum atomic E-state index is 6.08. The normalized spacial score (nSPS) is 25.6. The smallest absolute Gasteiger partial charge is 0.214 e. The molecule has 1 aliphatic rings. The number of anilines is 1. The van der Waals surface area contributed by atoms with E-state index in [9.17, 15) is 0 Å². The van der Waals surface area contributed by atoms with Crippen LogP contribution in [0, 0.1) is 5.92 Å². The van der Waals surface area contributed by atoms with Crippen molar-refractivity contribution in [1.82, 2.24) is 4.98 Å². The summed E-state index contributed by atoms with van der Waals surface area (Å²) in [6, 6.07) is 6.06. The third kappa shape index (κ3) is 2.27. The Labute approximate surface area is 96.4 Å². The van der Waals surface area contributed by atoms with Crippen LogP contribution in [0.3, 0.4) is 0 Å². The Kier molecular flexibility index (Phi) is 3.29. The molecule has 0 bridgehead atoms. The average Bonchev–Trinajstić information content (AvgIpc) is 2.33. The highest BCUT2D eigenvalue weighted by Crippen LogP contribution is 2.22. The predicted octanol–water partition coefficient (Wildman–Crippen LogP) is 1.26. The molecule has 2 atom stereocenters. The summed E-state index contributed by atoms with van der Waals surface area (Å²) in [5, 5.41) is 0. The second-order valence-corrected chi connectivity index (χ2v) is 4.41. The Morgan fingerprint density at radius 2 is 2.31 bits per heavy atom. The van der Waals surface area contributed by atoms with Gasteiger partial charge in [-0.1, -0.05) is 13.0 Å². The number of piperidine rings is 1. The first kappa shape index (κ1) is 11.2. The second kappa shape index (κ2) is 4.70. The Morgan fingerprint density at radius 3 is 3.00 bits per heavy atom. The van der Waals surface area contributed by atoms with Gasteiger partial charge >= 0.3 is 0 Å². The summed E-state index contributed by atoms with van der Waals surface area (Å²) in [4.78, 5) is 6.65. The molecule has 0 aromatic carbocycles. The van der Waals surface area contributed by atoms with Gasteiger partial charge in [-0.3, -0.25) is 0 Å². The van der Waals surface area contributed by atoms with Crippen molar-refractivity contribution in [2.24, 2.45) is 11.7 Å². The van der Waals surface area contributed by atoms with E-state index in [1.54, 1.807) is 7.11 Å². The molecule has 0 spiro atoms. The molecule has 4 nitrogen and oxygen atoms in total. The molecule has 88 valence electrons. The largest absolute Gasteiger partial charge is 0.481 e. The maximum absolute atomic E-state index is 6.08. The molecule has 2 N–H and O–H groups in total. The SMILES string of the molecule is COc1cccc(N2CCC(C)C(N)C2)n1. The zero-order chi connectivity index (χ0) is 11.5. The molecule has 2 heterocycles. The van der Waals surface area contributed by atoms with Crippen molar-refractivity contribution in [3.63, 3.8) is 0 Å². The maximum Gasteiger partial charge on any atom is 0.214 e. The number of aromatic nitrogens is 1. The zero-order valence-corrected chi connectivity index (χ0v) is 9.89. The van der Waals surface area contributed by atoms with Crippen LogP contribution in [-0.2, 0) is 0 Å². The Hall–Kier alpha value is -1.29. The van der Waals surface area contributed by atoms with Crippen molar-refractivity contribution in [3.8, 4) is 5.88 Å². The average molecular weight is 221 g/mol. The van der Waals surface area contributed by atoms with Gasteiger partial charge in [0.15, 0.2) is 0 Å². The van der Waals surface area contributed by atoms with Gasteiger partial charge in [0.1, 0.15) is 5.82 Å². The van der Waals surface area contributed by atoms with Gasteiger partial charge in [-0.05, 0) is 18.4 Å². The van der Waals surface area contributed by atoms with Crippen LogP contribution in [0.25, 0.3) is 0 Å². The van der Waals surface area contributed by atoms with Crippen molar-refractivity contribution in [2.45, 2.75) is 19.4 Å². The molecule has 1 fully saturated rings. The van der Waals surface area contributed by atoms with Gasteiger partial charge < -0.3 is 15.4 Å². The molecule has 0 aliphatic carbocycles. The fraction of sp³-hybridized carbons (Fsp3) is 0.583. The fourth-order valence-electron chi connectivity index (χ4n) is 2.00. The number of rotatable bonds is 2. The first-order valence-electron chi connectivity index (χ1n) is 5.72. The molecule has 0 saturated carbocycles. The minimum atomic E-state index is 0.238. The molecule has 0 radical (unpaired) electrons. The minimum Gasteiger partial charge on any atom is -0.481 e. The van der Waals surface area contributed by atoms with Crippen molar-refractivity contribution < 1.29 is 4.74 Å². The van der Waals surface area contributed by atoms with Crippen LogP contribution in [0.1, 0.15) is 13.3 Å². The lowest BCUT2D eigenvalue weighted by Crippen LogP contribution is -2.47. The van der Waals surface area contributed by atoms with Crippen LogP contribution in [-0.4, -0.2) is 31.2 Å². The molecular weight excluding hydrogens is 202 g/mol. The summed E-state index contributed by atoms with van der Waals surface area (Å²) in [5.74, 6) is 2.22. The van der Waals surface area contributed by atoms with E-state index in [-0.39, 0.29) is 6.04 Å². The Balaban J connectivity index is 2.12. The second-order valence-electron chi connectivity index (χ2n) is 4.41. The van der Waals surface area contributed by atoms with Gasteiger partial charge in [0.2, 0.25) is 5.88 Å². The van der Waals surface area contributed by atoms with E-state index in [2.05, 4.69) is 16.8 Å². The molecule has 2 unspecified atom stereocenters. The quantitative estimate of drug-likeness (QED) is 0.817. The van der Waals surface area contributed by atoms with Gasteiger partial charge in [-0.2, -0.15) is 4.98 Å². The van der Waals surface area contributed by atoms with Gasteiger partial charge in [-0.15, -0.1) is 0 Å². The van der Waals surface area contributed by atoms with E-state index in [1.165, 1.54) is 0 Å². The molecule has 16 heavy (non-hydrogen) atoms. The number of ether oxygens (including phenoxy) is 1. The van der Waals surface area contributed by atoms with Crippen LogP contribution in [0.5, 0.6) is 5.88 Å². The lowest BCUT2D eigenvalue weighted by Gasteiger charge is -2.35. The van der Waals surface area contributed by atoms with Crippen LogP contribution >= 0.6 is 0 Å². The minimum absolute atomic E-state index is 0.238. The number of hydrogen-bond donors (Lipinski definition) is 1. The van der Waals surface area contributed by atoms with Crippen LogP contribution < -0.4 is 15.4 Å². The predicted molar refractivity (Wildman–Crippen MR) is 64.8 cm³/mol. The zero-order valence-electron chi connectivity index (χ0n) is 9.89.